The second kappa shape index (κ2) is 3.14. The molecule has 3 heteroatoms. The van der Waals surface area contributed by atoms with Crippen molar-refractivity contribution in [1.82, 2.24) is 0 Å². The Morgan fingerprint density at radius 3 is 3.00 bits per heavy atom. The number of phenolic OH excluding ortho intramolecular Hbond substituents is 1. The van der Waals surface area contributed by atoms with E-state index in [1.807, 2.05) is 12.1 Å². The summed E-state index contributed by atoms with van der Waals surface area (Å²) < 4.78 is 11.6. The van der Waals surface area contributed by atoms with E-state index in [0.29, 0.717) is 5.75 Å². The van der Waals surface area contributed by atoms with Crippen LogP contribution in [-0.4, -0.2) is 17.5 Å². The average Bonchev–Trinajstić information content (AvgIpc) is 2.66. The topological polar surface area (TPSA) is 38.7 Å². The predicted molar refractivity (Wildman–Crippen MR) is 55.0 cm³/mol. The summed E-state index contributed by atoms with van der Waals surface area (Å²) >= 11 is 0. The zero-order valence-electron chi connectivity index (χ0n) is 8.53. The van der Waals surface area contributed by atoms with Gasteiger partial charge in [-0.2, -0.15) is 0 Å². The van der Waals surface area contributed by atoms with Crippen molar-refractivity contribution in [2.45, 2.75) is 31.5 Å². The lowest BCUT2D eigenvalue weighted by atomic mass is 9.97. The fraction of sp³-hybridized carbons (Fsp3) is 0.500. The molecule has 1 spiro atoms. The summed E-state index contributed by atoms with van der Waals surface area (Å²) in [6.07, 6.45) is 3.70. The molecule has 2 heterocycles. The van der Waals surface area contributed by atoms with Gasteiger partial charge in [-0.05, 0) is 25.0 Å². The van der Waals surface area contributed by atoms with Gasteiger partial charge in [-0.25, -0.2) is 0 Å². The van der Waals surface area contributed by atoms with Gasteiger partial charge in [0.2, 0.25) is 5.79 Å². The fourth-order valence-corrected chi connectivity index (χ4v) is 2.42. The predicted octanol–water partition coefficient (Wildman–Crippen LogP) is 2.22. The van der Waals surface area contributed by atoms with Crippen LogP contribution in [-0.2, 0) is 11.2 Å². The molecular formula is C12H14O3. The van der Waals surface area contributed by atoms with Crippen LogP contribution in [0.15, 0.2) is 18.2 Å². The third-order valence-corrected chi connectivity index (χ3v) is 3.23. The lowest BCUT2D eigenvalue weighted by molar-refractivity contribution is -0.160. The van der Waals surface area contributed by atoms with E-state index in [9.17, 15) is 5.11 Å². The molecule has 0 aromatic heterocycles. The summed E-state index contributed by atoms with van der Waals surface area (Å²) in [6, 6.07) is 5.41. The van der Waals surface area contributed by atoms with Crippen molar-refractivity contribution in [2.24, 2.45) is 0 Å². The molecule has 1 N–H and O–H groups in total. The number of benzene rings is 1. The van der Waals surface area contributed by atoms with Crippen molar-refractivity contribution >= 4 is 0 Å². The Morgan fingerprint density at radius 1 is 1.27 bits per heavy atom. The fourth-order valence-electron chi connectivity index (χ4n) is 2.42. The van der Waals surface area contributed by atoms with Gasteiger partial charge in [0.25, 0.3) is 0 Å². The first-order chi connectivity index (χ1) is 7.29. The van der Waals surface area contributed by atoms with Gasteiger partial charge in [-0.1, -0.05) is 6.07 Å². The Labute approximate surface area is 88.6 Å². The summed E-state index contributed by atoms with van der Waals surface area (Å²) in [6.45, 7) is 0.786. The SMILES string of the molecule is Oc1cccc2c1CCC1(CCCO1)O2. The normalized spacial score (nSPS) is 28.8. The van der Waals surface area contributed by atoms with Gasteiger partial charge < -0.3 is 14.6 Å². The van der Waals surface area contributed by atoms with Crippen molar-refractivity contribution in [2.75, 3.05) is 6.61 Å². The highest BCUT2D eigenvalue weighted by Gasteiger charge is 2.40. The summed E-state index contributed by atoms with van der Waals surface area (Å²) in [5, 5.41) is 9.67. The second-order valence-electron chi connectivity index (χ2n) is 4.22. The van der Waals surface area contributed by atoms with Crippen molar-refractivity contribution in [3.63, 3.8) is 0 Å². The maximum atomic E-state index is 9.67. The van der Waals surface area contributed by atoms with E-state index in [0.717, 1.165) is 43.6 Å². The number of ether oxygens (including phenoxy) is 2. The van der Waals surface area contributed by atoms with Crippen LogP contribution in [0.5, 0.6) is 11.5 Å². The highest BCUT2D eigenvalue weighted by Crippen LogP contribution is 2.42. The number of hydrogen-bond acceptors (Lipinski definition) is 3. The Hall–Kier alpha value is -1.22. The maximum absolute atomic E-state index is 9.67. The molecule has 1 unspecified atom stereocenters. The molecule has 0 amide bonds. The largest absolute Gasteiger partial charge is 0.508 e. The lowest BCUT2D eigenvalue weighted by Gasteiger charge is -2.34. The molecule has 0 aliphatic carbocycles. The van der Waals surface area contributed by atoms with Crippen LogP contribution in [0.3, 0.4) is 0 Å². The highest BCUT2D eigenvalue weighted by molar-refractivity contribution is 5.45. The highest BCUT2D eigenvalue weighted by atomic mass is 16.7. The summed E-state index contributed by atoms with van der Waals surface area (Å²) in [4.78, 5) is 0. The van der Waals surface area contributed by atoms with E-state index in [1.54, 1.807) is 6.07 Å². The first-order valence-corrected chi connectivity index (χ1v) is 5.43. The second-order valence-corrected chi connectivity index (χ2v) is 4.22. The number of fused-ring (bicyclic) bond motifs is 1. The van der Waals surface area contributed by atoms with Gasteiger partial charge in [-0.3, -0.25) is 0 Å². The molecule has 1 atom stereocenters. The molecule has 0 radical (unpaired) electrons. The molecule has 0 saturated carbocycles. The van der Waals surface area contributed by atoms with Crippen LogP contribution in [0, 0.1) is 0 Å². The van der Waals surface area contributed by atoms with Crippen molar-refractivity contribution in [3.05, 3.63) is 23.8 Å². The van der Waals surface area contributed by atoms with E-state index in [1.165, 1.54) is 0 Å². The average molecular weight is 206 g/mol. The van der Waals surface area contributed by atoms with Gasteiger partial charge in [0, 0.05) is 18.4 Å². The minimum absolute atomic E-state index is 0.334. The van der Waals surface area contributed by atoms with Gasteiger partial charge in [0.05, 0.1) is 6.61 Å². The molecule has 3 nitrogen and oxygen atoms in total. The molecule has 1 aromatic rings. The third-order valence-electron chi connectivity index (χ3n) is 3.23. The summed E-state index contributed by atoms with van der Waals surface area (Å²) in [5.41, 5.74) is 0.915. The Morgan fingerprint density at radius 2 is 2.20 bits per heavy atom. The van der Waals surface area contributed by atoms with Crippen molar-refractivity contribution < 1.29 is 14.6 Å². The number of rotatable bonds is 0. The summed E-state index contributed by atoms with van der Waals surface area (Å²) in [7, 11) is 0. The first-order valence-electron chi connectivity index (χ1n) is 5.43. The molecule has 1 saturated heterocycles. The molecule has 1 aromatic carbocycles. The lowest BCUT2D eigenvalue weighted by Crippen LogP contribution is -2.38. The van der Waals surface area contributed by atoms with Crippen LogP contribution in [0.1, 0.15) is 24.8 Å². The van der Waals surface area contributed by atoms with Crippen LogP contribution in [0.4, 0.5) is 0 Å². The van der Waals surface area contributed by atoms with E-state index in [4.69, 9.17) is 9.47 Å². The molecule has 15 heavy (non-hydrogen) atoms. The third kappa shape index (κ3) is 1.38. The van der Waals surface area contributed by atoms with E-state index >= 15 is 0 Å². The molecule has 2 aliphatic rings. The molecule has 3 rings (SSSR count). The summed E-state index contributed by atoms with van der Waals surface area (Å²) in [5.74, 6) is 0.712. The van der Waals surface area contributed by atoms with Gasteiger partial charge >= 0.3 is 0 Å². The molecule has 1 fully saturated rings. The quantitative estimate of drug-likeness (QED) is 0.707. The zero-order valence-corrected chi connectivity index (χ0v) is 8.53. The van der Waals surface area contributed by atoms with E-state index < -0.39 is 5.79 Å². The zero-order chi connectivity index (χ0) is 10.3. The minimum Gasteiger partial charge on any atom is -0.508 e. The van der Waals surface area contributed by atoms with Crippen molar-refractivity contribution in [3.8, 4) is 11.5 Å². The smallest absolute Gasteiger partial charge is 0.210 e. The van der Waals surface area contributed by atoms with Gasteiger partial charge in [0.15, 0.2) is 0 Å². The molecule has 80 valence electrons. The van der Waals surface area contributed by atoms with Gasteiger partial charge in [0.1, 0.15) is 11.5 Å². The van der Waals surface area contributed by atoms with E-state index in [-0.39, 0.29) is 0 Å². The first kappa shape index (κ1) is 9.04. The Kier molecular flexibility index (Phi) is 1.89. The Balaban J connectivity index is 1.96. The minimum atomic E-state index is -0.402. The monoisotopic (exact) mass is 206 g/mol. The van der Waals surface area contributed by atoms with Crippen LogP contribution in [0.2, 0.25) is 0 Å². The number of hydrogen-bond donors (Lipinski definition) is 1. The standard InChI is InChI=1S/C12H14O3/c13-10-3-1-4-11-9(10)5-7-12(15-11)6-2-8-14-12/h1,3-4,13H,2,5-8H2. The van der Waals surface area contributed by atoms with Gasteiger partial charge in [-0.15, -0.1) is 0 Å². The van der Waals surface area contributed by atoms with Crippen LogP contribution < -0.4 is 4.74 Å². The molecular weight excluding hydrogens is 192 g/mol. The van der Waals surface area contributed by atoms with Crippen LogP contribution >= 0.6 is 0 Å². The molecule has 0 bridgehead atoms. The Bertz CT molecular complexity index is 380. The van der Waals surface area contributed by atoms with E-state index in [2.05, 4.69) is 0 Å². The maximum Gasteiger partial charge on any atom is 0.210 e. The number of phenols is 1. The molecule has 2 aliphatic heterocycles. The number of aromatic hydroxyl groups is 1. The van der Waals surface area contributed by atoms with Crippen LogP contribution in [0.25, 0.3) is 0 Å². The van der Waals surface area contributed by atoms with Crippen molar-refractivity contribution in [1.29, 1.82) is 0 Å².